The van der Waals surface area contributed by atoms with Crippen molar-refractivity contribution in [1.29, 1.82) is 0 Å². The molecule has 0 bridgehead atoms. The standard InChI is InChI=1S/C5H9O3.2C3H6/c1-2-3-4(6)5(7)8;2*1-3-2/h2,4,6H,3H2,1H3,(H,7,8);2*3H,1H2,2H3. The average Bonchev–Trinajstić information content (AvgIpc) is 2.07. The molecule has 0 rings (SSSR count). The number of aliphatic carboxylic acids is 1. The number of rotatable bonds is 3. The minimum Gasteiger partial charge on any atom is -0.479 e. The summed E-state index contributed by atoms with van der Waals surface area (Å²) in [6.45, 7) is 12.2. The lowest BCUT2D eigenvalue weighted by molar-refractivity contribution is -0.146. The Morgan fingerprint density at radius 1 is 1.29 bits per heavy atom. The van der Waals surface area contributed by atoms with E-state index in [1.165, 1.54) is 0 Å². The summed E-state index contributed by atoms with van der Waals surface area (Å²) in [5.41, 5.74) is 0. The van der Waals surface area contributed by atoms with Crippen molar-refractivity contribution in [3.63, 3.8) is 0 Å². The third-order valence-electron chi connectivity index (χ3n) is 0.744. The third-order valence-corrected chi connectivity index (χ3v) is 0.744. The van der Waals surface area contributed by atoms with Gasteiger partial charge in [0.05, 0.1) is 0 Å². The van der Waals surface area contributed by atoms with Crippen LogP contribution in [0.25, 0.3) is 0 Å². The van der Waals surface area contributed by atoms with Crippen LogP contribution in [0.2, 0.25) is 0 Å². The normalized spacial score (nSPS) is 9.43. The highest BCUT2D eigenvalue weighted by Crippen LogP contribution is 1.92. The molecule has 2 N–H and O–H groups in total. The van der Waals surface area contributed by atoms with Crippen LogP contribution in [-0.2, 0) is 4.79 Å². The molecule has 0 aliphatic carbocycles. The highest BCUT2D eigenvalue weighted by Gasteiger charge is 2.09. The van der Waals surface area contributed by atoms with Crippen LogP contribution in [0, 0.1) is 6.42 Å². The number of carboxylic acid groups (broad SMARTS) is 1. The maximum Gasteiger partial charge on any atom is 0.332 e. The van der Waals surface area contributed by atoms with Crippen LogP contribution in [0.15, 0.2) is 25.3 Å². The van der Waals surface area contributed by atoms with Crippen LogP contribution in [0.3, 0.4) is 0 Å². The summed E-state index contributed by atoms with van der Waals surface area (Å²) >= 11 is 0. The maximum absolute atomic E-state index is 9.82. The first kappa shape index (κ1) is 18.6. The quantitative estimate of drug-likeness (QED) is 0.689. The predicted octanol–water partition coefficient (Wildman–Crippen LogP) is 2.43. The van der Waals surface area contributed by atoms with E-state index in [0.717, 1.165) is 0 Å². The van der Waals surface area contributed by atoms with Gasteiger partial charge in [-0.1, -0.05) is 19.1 Å². The van der Waals surface area contributed by atoms with Gasteiger partial charge in [0.15, 0.2) is 6.10 Å². The molecule has 83 valence electrons. The zero-order chi connectivity index (χ0) is 12.0. The fraction of sp³-hybridized carbons (Fsp3) is 0.455. The fourth-order valence-corrected chi connectivity index (χ4v) is 0.324. The Balaban J connectivity index is -0.000000168. The molecule has 0 fully saturated rings. The van der Waals surface area contributed by atoms with Gasteiger partial charge < -0.3 is 10.2 Å². The van der Waals surface area contributed by atoms with E-state index in [-0.39, 0.29) is 6.42 Å². The first-order valence-corrected chi connectivity index (χ1v) is 4.34. The van der Waals surface area contributed by atoms with Gasteiger partial charge in [-0.3, -0.25) is 0 Å². The summed E-state index contributed by atoms with van der Waals surface area (Å²) in [5, 5.41) is 16.5. The van der Waals surface area contributed by atoms with Gasteiger partial charge in [-0.05, 0) is 26.7 Å². The van der Waals surface area contributed by atoms with E-state index in [9.17, 15) is 4.79 Å². The highest BCUT2D eigenvalue weighted by atomic mass is 16.4. The molecule has 3 nitrogen and oxygen atoms in total. The first-order valence-electron chi connectivity index (χ1n) is 4.34. The van der Waals surface area contributed by atoms with Crippen LogP contribution in [0.1, 0.15) is 27.2 Å². The maximum atomic E-state index is 9.82. The molecule has 1 atom stereocenters. The van der Waals surface area contributed by atoms with Crippen molar-refractivity contribution in [3.8, 4) is 0 Å². The summed E-state index contributed by atoms with van der Waals surface area (Å²) in [6.07, 6.45) is 4.11. The van der Waals surface area contributed by atoms with Crippen molar-refractivity contribution in [1.82, 2.24) is 0 Å². The summed E-state index contributed by atoms with van der Waals surface area (Å²) < 4.78 is 0. The Labute approximate surface area is 86.8 Å². The van der Waals surface area contributed by atoms with Crippen LogP contribution < -0.4 is 0 Å². The van der Waals surface area contributed by atoms with Crippen molar-refractivity contribution in [2.24, 2.45) is 0 Å². The lowest BCUT2D eigenvalue weighted by atomic mass is 10.2. The Kier molecular flexibility index (Phi) is 23.8. The number of hydrogen-bond acceptors (Lipinski definition) is 2. The van der Waals surface area contributed by atoms with E-state index >= 15 is 0 Å². The minimum atomic E-state index is -1.22. The van der Waals surface area contributed by atoms with Crippen molar-refractivity contribution < 1.29 is 15.0 Å². The second-order valence-corrected chi connectivity index (χ2v) is 2.31. The molecule has 0 saturated heterocycles. The summed E-state index contributed by atoms with van der Waals surface area (Å²) in [6, 6.07) is 0. The van der Waals surface area contributed by atoms with Gasteiger partial charge in [0.1, 0.15) is 0 Å². The van der Waals surface area contributed by atoms with E-state index in [1.807, 2.05) is 13.8 Å². The third kappa shape index (κ3) is 30.7. The van der Waals surface area contributed by atoms with E-state index in [2.05, 4.69) is 13.2 Å². The number of hydrogen-bond donors (Lipinski definition) is 2. The van der Waals surface area contributed by atoms with Crippen LogP contribution in [0.5, 0.6) is 0 Å². The summed E-state index contributed by atoms with van der Waals surface area (Å²) in [7, 11) is 0. The molecule has 0 aromatic heterocycles. The fourth-order valence-electron chi connectivity index (χ4n) is 0.324. The molecule has 0 amide bonds. The average molecular weight is 201 g/mol. The van der Waals surface area contributed by atoms with Gasteiger partial charge in [-0.2, -0.15) is 0 Å². The SMILES string of the molecule is C=CC.C=CC.C[CH]CC(O)C(=O)O. The molecule has 0 aliphatic rings. The second-order valence-electron chi connectivity index (χ2n) is 2.31. The van der Waals surface area contributed by atoms with Crippen molar-refractivity contribution >= 4 is 5.97 Å². The number of aliphatic hydroxyl groups is 1. The molecule has 0 spiro atoms. The van der Waals surface area contributed by atoms with Gasteiger partial charge in [-0.15, -0.1) is 13.2 Å². The predicted molar refractivity (Wildman–Crippen MR) is 60.0 cm³/mol. The molecule has 0 aromatic carbocycles. The van der Waals surface area contributed by atoms with Crippen LogP contribution >= 0.6 is 0 Å². The summed E-state index contributed by atoms with van der Waals surface area (Å²) in [4.78, 5) is 9.82. The number of aliphatic hydroxyl groups excluding tert-OH is 1. The Morgan fingerprint density at radius 3 is 1.64 bits per heavy atom. The second kappa shape index (κ2) is 17.9. The monoisotopic (exact) mass is 201 g/mol. The smallest absolute Gasteiger partial charge is 0.332 e. The largest absolute Gasteiger partial charge is 0.479 e. The molecule has 14 heavy (non-hydrogen) atoms. The minimum absolute atomic E-state index is 0.218. The number of carboxylic acids is 1. The number of allylic oxidation sites excluding steroid dienone is 2. The zero-order valence-electron chi connectivity index (χ0n) is 9.23. The van der Waals surface area contributed by atoms with E-state index < -0.39 is 12.1 Å². The molecule has 0 heterocycles. The molecule has 1 unspecified atom stereocenters. The highest BCUT2D eigenvalue weighted by molar-refractivity contribution is 5.71. The van der Waals surface area contributed by atoms with Crippen LogP contribution in [-0.4, -0.2) is 22.3 Å². The van der Waals surface area contributed by atoms with Gasteiger partial charge in [0, 0.05) is 0 Å². The molecule has 0 aliphatic heterocycles. The topological polar surface area (TPSA) is 57.5 Å². The Morgan fingerprint density at radius 2 is 1.57 bits per heavy atom. The molecular formula is C11H21O3. The van der Waals surface area contributed by atoms with Crippen molar-refractivity contribution in [2.45, 2.75) is 33.3 Å². The first-order chi connectivity index (χ1) is 6.51. The van der Waals surface area contributed by atoms with Gasteiger partial charge >= 0.3 is 5.97 Å². The van der Waals surface area contributed by atoms with Gasteiger partial charge in [0.2, 0.25) is 0 Å². The molecule has 3 heteroatoms. The van der Waals surface area contributed by atoms with E-state index in [4.69, 9.17) is 10.2 Å². The lowest BCUT2D eigenvalue weighted by Gasteiger charge is -1.99. The van der Waals surface area contributed by atoms with Crippen LogP contribution in [0.4, 0.5) is 0 Å². The molecular weight excluding hydrogens is 180 g/mol. The zero-order valence-corrected chi connectivity index (χ0v) is 9.23. The Bertz CT molecular complexity index is 135. The summed E-state index contributed by atoms with van der Waals surface area (Å²) in [5.74, 6) is -1.16. The van der Waals surface area contributed by atoms with E-state index in [1.54, 1.807) is 25.5 Å². The van der Waals surface area contributed by atoms with Crippen molar-refractivity contribution in [3.05, 3.63) is 31.7 Å². The van der Waals surface area contributed by atoms with E-state index in [0.29, 0.717) is 0 Å². The number of carbonyl (C=O) groups is 1. The lowest BCUT2D eigenvalue weighted by Crippen LogP contribution is -2.18. The Hall–Kier alpha value is -1.09. The van der Waals surface area contributed by atoms with Crippen molar-refractivity contribution in [2.75, 3.05) is 0 Å². The van der Waals surface area contributed by atoms with Gasteiger partial charge in [-0.25, -0.2) is 4.79 Å². The molecule has 0 aromatic rings. The molecule has 1 radical (unpaired) electrons. The van der Waals surface area contributed by atoms with Gasteiger partial charge in [0.25, 0.3) is 0 Å². The molecule has 0 saturated carbocycles.